The van der Waals surface area contributed by atoms with Crippen molar-refractivity contribution >= 4 is 17.0 Å². The van der Waals surface area contributed by atoms with Gasteiger partial charge in [0.25, 0.3) is 0 Å². The van der Waals surface area contributed by atoms with Crippen LogP contribution in [-0.4, -0.2) is 73.4 Å². The number of benzene rings is 2. The highest BCUT2D eigenvalue weighted by atomic mass is 16.6. The van der Waals surface area contributed by atoms with Crippen LogP contribution >= 0.6 is 0 Å². The summed E-state index contributed by atoms with van der Waals surface area (Å²) in [5.74, 6) is 0.454. The number of nitrogens with zero attached hydrogens (tertiary/aromatic N) is 4. The Bertz CT molecular complexity index is 1350. The third-order valence-electron chi connectivity index (χ3n) is 6.94. The largest absolute Gasteiger partial charge is 0.394 e. The molecule has 1 aliphatic heterocycles. The predicted octanol–water partition coefficient (Wildman–Crippen LogP) is 1.42. The lowest BCUT2D eigenvalue weighted by atomic mass is 9.91. The van der Waals surface area contributed by atoms with E-state index in [1.807, 2.05) is 48.5 Å². The van der Waals surface area contributed by atoms with Gasteiger partial charge in [0.2, 0.25) is 0 Å². The molecule has 2 aliphatic rings. The van der Waals surface area contributed by atoms with E-state index in [0.29, 0.717) is 17.0 Å². The normalized spacial score (nSPS) is 24.5. The van der Waals surface area contributed by atoms with Gasteiger partial charge in [-0.2, -0.15) is 0 Å². The van der Waals surface area contributed by atoms with E-state index in [1.165, 1.54) is 13.4 Å². The lowest BCUT2D eigenvalue weighted by molar-refractivity contribution is -0.0583. The van der Waals surface area contributed by atoms with E-state index in [4.69, 9.17) is 9.47 Å². The van der Waals surface area contributed by atoms with Gasteiger partial charge < -0.3 is 30.1 Å². The third kappa shape index (κ3) is 3.26. The van der Waals surface area contributed by atoms with Crippen LogP contribution in [0.2, 0.25) is 0 Å². The van der Waals surface area contributed by atoms with Crippen molar-refractivity contribution in [1.29, 1.82) is 0 Å². The first kappa shape index (κ1) is 22.1. The number of rotatable bonds is 6. The molecule has 0 unspecified atom stereocenters. The summed E-state index contributed by atoms with van der Waals surface area (Å²) in [7, 11) is 1.48. The summed E-state index contributed by atoms with van der Waals surface area (Å²) in [6.45, 7) is -0.167. The number of aliphatic hydroxyl groups is 3. The van der Waals surface area contributed by atoms with Crippen molar-refractivity contribution in [1.82, 2.24) is 19.5 Å². The van der Waals surface area contributed by atoms with Crippen LogP contribution in [0.25, 0.3) is 22.3 Å². The molecule has 2 aromatic heterocycles. The van der Waals surface area contributed by atoms with Gasteiger partial charge in [-0.25, -0.2) is 15.0 Å². The van der Waals surface area contributed by atoms with E-state index in [9.17, 15) is 15.3 Å². The molecule has 1 aliphatic carbocycles. The van der Waals surface area contributed by atoms with Gasteiger partial charge in [0.1, 0.15) is 30.2 Å². The quantitative estimate of drug-likeness (QED) is 0.327. The van der Waals surface area contributed by atoms with Crippen LogP contribution in [0.5, 0.6) is 0 Å². The molecule has 4 aromatic rings. The van der Waals surface area contributed by atoms with Crippen molar-refractivity contribution in [2.24, 2.45) is 0 Å². The second-order valence-corrected chi connectivity index (χ2v) is 8.79. The Morgan fingerprint density at radius 1 is 1.06 bits per heavy atom. The number of aliphatic hydroxyl groups excluding tert-OH is 2. The summed E-state index contributed by atoms with van der Waals surface area (Å²) in [4.78, 5) is 13.2. The molecule has 3 heterocycles. The summed E-state index contributed by atoms with van der Waals surface area (Å²) in [5.41, 5.74) is 3.37. The van der Waals surface area contributed by atoms with Crippen LogP contribution in [0.1, 0.15) is 17.4 Å². The van der Waals surface area contributed by atoms with E-state index in [2.05, 4.69) is 20.3 Å². The van der Waals surface area contributed by atoms with Gasteiger partial charge >= 0.3 is 0 Å². The smallest absolute Gasteiger partial charge is 0.167 e. The number of nitrogens with one attached hydrogen (secondary N) is 1. The van der Waals surface area contributed by atoms with Gasteiger partial charge in [-0.3, -0.25) is 4.57 Å². The molecular formula is C25H25N5O5. The topological polar surface area (TPSA) is 135 Å². The minimum absolute atomic E-state index is 0.173. The van der Waals surface area contributed by atoms with Crippen molar-refractivity contribution in [2.45, 2.75) is 30.1 Å². The molecule has 10 heteroatoms. The predicted molar refractivity (Wildman–Crippen MR) is 126 cm³/mol. The number of methoxy groups -OCH3 is 1. The molecule has 0 radical (unpaired) electrons. The van der Waals surface area contributed by atoms with Crippen molar-refractivity contribution in [2.75, 3.05) is 25.6 Å². The molecule has 2 aromatic carbocycles. The standard InChI is InChI=1S/C25H25N5O5/c1-34-21-20(32)18(10-31)35-24(21)30-13-29-19-22(27-12-28-23(19)30)26-11-25(33)16-8-4-2-6-14(16)15-7-3-5-9-17(15)25/h2-9,12-13,18,20-21,24,31-33H,10-11H2,1H3,(H,26,27,28)/t18-,20-,21-,24-/m1/s1. The van der Waals surface area contributed by atoms with Gasteiger partial charge in [0.05, 0.1) is 19.5 Å². The highest BCUT2D eigenvalue weighted by molar-refractivity contribution is 5.84. The molecule has 180 valence electrons. The zero-order chi connectivity index (χ0) is 24.2. The Morgan fingerprint density at radius 2 is 1.74 bits per heavy atom. The van der Waals surface area contributed by atoms with Gasteiger partial charge in [-0.05, 0) is 22.3 Å². The number of aromatic nitrogens is 4. The number of anilines is 1. The van der Waals surface area contributed by atoms with Crippen LogP contribution in [0.4, 0.5) is 5.82 Å². The molecule has 0 bridgehead atoms. The van der Waals surface area contributed by atoms with Crippen LogP contribution in [0.15, 0.2) is 61.2 Å². The molecule has 6 rings (SSSR count). The van der Waals surface area contributed by atoms with Crippen molar-refractivity contribution in [3.63, 3.8) is 0 Å². The van der Waals surface area contributed by atoms with Crippen molar-refractivity contribution in [3.05, 3.63) is 72.3 Å². The van der Waals surface area contributed by atoms with E-state index in [-0.39, 0.29) is 13.2 Å². The van der Waals surface area contributed by atoms with E-state index in [0.717, 1.165) is 22.3 Å². The fraction of sp³-hybridized carbons (Fsp3) is 0.320. The second-order valence-electron chi connectivity index (χ2n) is 8.79. The second kappa shape index (κ2) is 8.36. The first-order valence-corrected chi connectivity index (χ1v) is 11.4. The Morgan fingerprint density at radius 3 is 2.40 bits per heavy atom. The monoisotopic (exact) mass is 475 g/mol. The first-order chi connectivity index (χ1) is 17.1. The lowest BCUT2D eigenvalue weighted by Gasteiger charge is -2.26. The van der Waals surface area contributed by atoms with Gasteiger partial charge in [0.15, 0.2) is 23.2 Å². The number of hydrogen-bond acceptors (Lipinski definition) is 9. The first-order valence-electron chi connectivity index (χ1n) is 11.4. The Balaban J connectivity index is 1.33. The zero-order valence-corrected chi connectivity index (χ0v) is 18.9. The minimum Gasteiger partial charge on any atom is -0.394 e. The average molecular weight is 476 g/mol. The van der Waals surface area contributed by atoms with Gasteiger partial charge in [-0.1, -0.05) is 48.5 Å². The molecule has 1 saturated heterocycles. The number of imidazole rings is 1. The summed E-state index contributed by atoms with van der Waals surface area (Å²) >= 11 is 0. The van der Waals surface area contributed by atoms with Crippen LogP contribution in [0, 0.1) is 0 Å². The third-order valence-corrected chi connectivity index (χ3v) is 6.94. The van der Waals surface area contributed by atoms with Gasteiger partial charge in [0, 0.05) is 7.11 Å². The Kier molecular flexibility index (Phi) is 5.28. The molecule has 4 atom stereocenters. The molecule has 10 nitrogen and oxygen atoms in total. The minimum atomic E-state index is -1.25. The van der Waals surface area contributed by atoms with E-state index >= 15 is 0 Å². The summed E-state index contributed by atoms with van der Waals surface area (Å²) in [5, 5.41) is 35.1. The van der Waals surface area contributed by atoms with Gasteiger partial charge in [-0.15, -0.1) is 0 Å². The molecule has 0 amide bonds. The maximum Gasteiger partial charge on any atom is 0.167 e. The number of fused-ring (bicyclic) bond motifs is 4. The SMILES string of the molecule is CO[C@@H]1[C@H](O)[C@@H](CO)O[C@H]1n1cnc2c(NCC3(O)c4ccccc4-c4ccccc43)ncnc21. The maximum absolute atomic E-state index is 11.8. The number of ether oxygens (including phenoxy) is 2. The molecular weight excluding hydrogens is 450 g/mol. The van der Waals surface area contributed by atoms with Crippen molar-refractivity contribution in [3.8, 4) is 11.1 Å². The molecule has 0 saturated carbocycles. The molecule has 1 fully saturated rings. The average Bonchev–Trinajstić information content (AvgIpc) is 3.54. The molecule has 35 heavy (non-hydrogen) atoms. The summed E-state index contributed by atoms with van der Waals surface area (Å²) in [6, 6.07) is 15.7. The van der Waals surface area contributed by atoms with Crippen LogP contribution < -0.4 is 5.32 Å². The van der Waals surface area contributed by atoms with E-state index < -0.39 is 30.1 Å². The highest BCUT2D eigenvalue weighted by Crippen LogP contribution is 2.47. The fourth-order valence-corrected chi connectivity index (χ4v) is 5.22. The Hall–Kier alpha value is -3.41. The fourth-order valence-electron chi connectivity index (χ4n) is 5.22. The summed E-state index contributed by atoms with van der Waals surface area (Å²) < 4.78 is 12.9. The van der Waals surface area contributed by atoms with Crippen LogP contribution in [0.3, 0.4) is 0 Å². The van der Waals surface area contributed by atoms with E-state index in [1.54, 1.807) is 10.9 Å². The zero-order valence-electron chi connectivity index (χ0n) is 18.9. The highest BCUT2D eigenvalue weighted by Gasteiger charge is 2.45. The molecule has 4 N–H and O–H groups in total. The Labute approximate surface area is 200 Å². The molecule has 0 spiro atoms. The summed E-state index contributed by atoms with van der Waals surface area (Å²) in [6.07, 6.45) is -0.258. The number of hydrogen-bond donors (Lipinski definition) is 4. The maximum atomic E-state index is 11.8. The van der Waals surface area contributed by atoms with Crippen LogP contribution in [-0.2, 0) is 15.1 Å². The van der Waals surface area contributed by atoms with Crippen molar-refractivity contribution < 1.29 is 24.8 Å². The lowest BCUT2D eigenvalue weighted by Crippen LogP contribution is -2.34.